The number of aliphatic hydroxyl groups excluding tert-OH is 2. The zero-order chi connectivity index (χ0) is 11.1. The standard InChI is InChI=1S/C12H22O3/c13-8-4-2-1-3-5-11-10(9-14)6-7-12(11)15/h9-13,15H,1-8H2. The van der Waals surface area contributed by atoms with Crippen molar-refractivity contribution in [2.45, 2.75) is 51.0 Å². The first kappa shape index (κ1) is 12.7. The molecule has 0 aromatic carbocycles. The number of rotatable bonds is 7. The third kappa shape index (κ3) is 3.92. The van der Waals surface area contributed by atoms with E-state index in [1.165, 1.54) is 0 Å². The van der Waals surface area contributed by atoms with Crippen LogP contribution in [0, 0.1) is 11.8 Å². The van der Waals surface area contributed by atoms with E-state index in [0.29, 0.717) is 0 Å². The van der Waals surface area contributed by atoms with Gasteiger partial charge in [0.25, 0.3) is 0 Å². The van der Waals surface area contributed by atoms with Gasteiger partial charge in [-0.15, -0.1) is 0 Å². The molecule has 3 nitrogen and oxygen atoms in total. The van der Waals surface area contributed by atoms with Gasteiger partial charge in [0, 0.05) is 12.5 Å². The predicted molar refractivity (Wildman–Crippen MR) is 58.5 cm³/mol. The maximum absolute atomic E-state index is 10.8. The second-order valence-corrected chi connectivity index (χ2v) is 4.53. The Kier molecular flexibility index (Phi) is 5.88. The van der Waals surface area contributed by atoms with E-state index >= 15 is 0 Å². The highest BCUT2D eigenvalue weighted by Crippen LogP contribution is 2.34. The summed E-state index contributed by atoms with van der Waals surface area (Å²) in [5.74, 6) is 0.273. The first-order chi connectivity index (χ1) is 7.29. The van der Waals surface area contributed by atoms with Gasteiger partial charge in [0.15, 0.2) is 0 Å². The third-order valence-corrected chi connectivity index (χ3v) is 3.46. The molecule has 1 fully saturated rings. The van der Waals surface area contributed by atoms with E-state index in [1.807, 2.05) is 0 Å². The van der Waals surface area contributed by atoms with Crippen LogP contribution in [0.15, 0.2) is 0 Å². The summed E-state index contributed by atoms with van der Waals surface area (Å²) in [5, 5.41) is 18.3. The molecule has 3 heteroatoms. The van der Waals surface area contributed by atoms with E-state index in [9.17, 15) is 9.90 Å². The van der Waals surface area contributed by atoms with Gasteiger partial charge in [0.05, 0.1) is 6.10 Å². The van der Waals surface area contributed by atoms with E-state index in [0.717, 1.165) is 51.2 Å². The molecule has 0 amide bonds. The average molecular weight is 214 g/mol. The molecule has 2 N–H and O–H groups in total. The Morgan fingerprint density at radius 2 is 1.87 bits per heavy atom. The molecule has 1 saturated carbocycles. The highest BCUT2D eigenvalue weighted by Gasteiger charge is 2.33. The zero-order valence-corrected chi connectivity index (χ0v) is 9.27. The highest BCUT2D eigenvalue weighted by atomic mass is 16.3. The van der Waals surface area contributed by atoms with Crippen molar-refractivity contribution in [3.8, 4) is 0 Å². The lowest BCUT2D eigenvalue weighted by Crippen LogP contribution is -2.19. The van der Waals surface area contributed by atoms with Crippen molar-refractivity contribution in [3.05, 3.63) is 0 Å². The van der Waals surface area contributed by atoms with Crippen molar-refractivity contribution in [3.63, 3.8) is 0 Å². The Morgan fingerprint density at radius 1 is 1.13 bits per heavy atom. The fraction of sp³-hybridized carbons (Fsp3) is 0.917. The molecule has 0 spiro atoms. The van der Waals surface area contributed by atoms with Crippen molar-refractivity contribution in [1.29, 1.82) is 0 Å². The molecule has 0 aliphatic heterocycles. The van der Waals surface area contributed by atoms with Gasteiger partial charge in [-0.25, -0.2) is 0 Å². The Labute approximate surface area is 91.5 Å². The van der Waals surface area contributed by atoms with Gasteiger partial charge in [-0.1, -0.05) is 19.3 Å². The smallest absolute Gasteiger partial charge is 0.123 e. The monoisotopic (exact) mass is 214 g/mol. The maximum atomic E-state index is 10.8. The second-order valence-electron chi connectivity index (χ2n) is 4.53. The molecule has 1 rings (SSSR count). The van der Waals surface area contributed by atoms with E-state index in [2.05, 4.69) is 0 Å². The molecular formula is C12H22O3. The zero-order valence-electron chi connectivity index (χ0n) is 9.27. The van der Waals surface area contributed by atoms with Crippen LogP contribution in [0.2, 0.25) is 0 Å². The van der Waals surface area contributed by atoms with Crippen LogP contribution in [0.1, 0.15) is 44.9 Å². The van der Waals surface area contributed by atoms with E-state index in [4.69, 9.17) is 5.11 Å². The lowest BCUT2D eigenvalue weighted by Gasteiger charge is -2.17. The number of hydrogen-bond acceptors (Lipinski definition) is 3. The summed E-state index contributed by atoms with van der Waals surface area (Å²) >= 11 is 0. The summed E-state index contributed by atoms with van der Waals surface area (Å²) in [7, 11) is 0. The quantitative estimate of drug-likeness (QED) is 0.499. The van der Waals surface area contributed by atoms with Crippen LogP contribution in [-0.4, -0.2) is 29.2 Å². The van der Waals surface area contributed by atoms with Gasteiger partial charge < -0.3 is 15.0 Å². The first-order valence-electron chi connectivity index (χ1n) is 6.03. The van der Waals surface area contributed by atoms with Crippen LogP contribution in [0.25, 0.3) is 0 Å². The topological polar surface area (TPSA) is 57.5 Å². The van der Waals surface area contributed by atoms with E-state index in [-0.39, 0.29) is 24.5 Å². The van der Waals surface area contributed by atoms with E-state index < -0.39 is 0 Å². The predicted octanol–water partition coefficient (Wildman–Crippen LogP) is 1.52. The summed E-state index contributed by atoms with van der Waals surface area (Å²) in [6.07, 6.45) is 7.40. The van der Waals surface area contributed by atoms with Crippen LogP contribution in [0.4, 0.5) is 0 Å². The summed E-state index contributed by atoms with van der Waals surface area (Å²) in [5.41, 5.74) is 0. The van der Waals surface area contributed by atoms with Crippen LogP contribution in [0.3, 0.4) is 0 Å². The third-order valence-electron chi connectivity index (χ3n) is 3.46. The minimum absolute atomic E-state index is 0.0813. The number of aliphatic hydroxyl groups is 2. The largest absolute Gasteiger partial charge is 0.396 e. The van der Waals surface area contributed by atoms with Crippen molar-refractivity contribution < 1.29 is 15.0 Å². The van der Waals surface area contributed by atoms with Gasteiger partial charge in [0.1, 0.15) is 6.29 Å². The Balaban J connectivity index is 2.15. The minimum Gasteiger partial charge on any atom is -0.396 e. The van der Waals surface area contributed by atoms with Crippen LogP contribution in [-0.2, 0) is 4.79 Å². The highest BCUT2D eigenvalue weighted by molar-refractivity contribution is 5.54. The van der Waals surface area contributed by atoms with E-state index in [1.54, 1.807) is 0 Å². The van der Waals surface area contributed by atoms with Crippen molar-refractivity contribution >= 4 is 6.29 Å². The molecule has 0 aromatic rings. The molecular weight excluding hydrogens is 192 g/mol. The lowest BCUT2D eigenvalue weighted by atomic mass is 9.90. The minimum atomic E-state index is -0.266. The molecule has 88 valence electrons. The molecule has 1 aliphatic rings. The lowest BCUT2D eigenvalue weighted by molar-refractivity contribution is -0.112. The van der Waals surface area contributed by atoms with Crippen LogP contribution >= 0.6 is 0 Å². The Hall–Kier alpha value is -0.410. The molecule has 3 unspecified atom stereocenters. The van der Waals surface area contributed by atoms with Gasteiger partial charge in [-0.2, -0.15) is 0 Å². The number of unbranched alkanes of at least 4 members (excludes halogenated alkanes) is 3. The molecule has 15 heavy (non-hydrogen) atoms. The number of carbonyl (C=O) groups excluding carboxylic acids is 1. The van der Waals surface area contributed by atoms with Gasteiger partial charge in [-0.05, 0) is 31.6 Å². The fourth-order valence-corrected chi connectivity index (χ4v) is 2.50. The van der Waals surface area contributed by atoms with Crippen molar-refractivity contribution in [1.82, 2.24) is 0 Å². The molecule has 0 bridgehead atoms. The van der Waals surface area contributed by atoms with Crippen LogP contribution in [0.5, 0.6) is 0 Å². The summed E-state index contributed by atoms with van der Waals surface area (Å²) < 4.78 is 0. The molecule has 3 atom stereocenters. The maximum Gasteiger partial charge on any atom is 0.123 e. The van der Waals surface area contributed by atoms with Crippen LogP contribution < -0.4 is 0 Å². The second kappa shape index (κ2) is 6.96. The number of carbonyl (C=O) groups is 1. The SMILES string of the molecule is O=CC1CCC(O)C1CCCCCCO. The van der Waals surface area contributed by atoms with Gasteiger partial charge in [0.2, 0.25) is 0 Å². The molecule has 1 aliphatic carbocycles. The number of hydrogen-bond donors (Lipinski definition) is 2. The molecule has 0 aromatic heterocycles. The first-order valence-corrected chi connectivity index (χ1v) is 6.03. The van der Waals surface area contributed by atoms with Crippen molar-refractivity contribution in [2.24, 2.45) is 11.8 Å². The normalized spacial score (nSPS) is 30.7. The molecule has 0 heterocycles. The number of aldehydes is 1. The summed E-state index contributed by atoms with van der Waals surface area (Å²) in [6.45, 7) is 0.267. The van der Waals surface area contributed by atoms with Gasteiger partial charge in [-0.3, -0.25) is 0 Å². The summed E-state index contributed by atoms with van der Waals surface area (Å²) in [4.78, 5) is 10.8. The molecule has 0 radical (unpaired) electrons. The average Bonchev–Trinajstić information content (AvgIpc) is 2.60. The Bertz CT molecular complexity index is 182. The fourth-order valence-electron chi connectivity index (χ4n) is 2.50. The summed E-state index contributed by atoms with van der Waals surface area (Å²) in [6, 6.07) is 0. The van der Waals surface area contributed by atoms with Crippen molar-refractivity contribution in [2.75, 3.05) is 6.61 Å². The Morgan fingerprint density at radius 3 is 2.53 bits per heavy atom. The van der Waals surface area contributed by atoms with Gasteiger partial charge >= 0.3 is 0 Å². The molecule has 0 saturated heterocycles.